The van der Waals surface area contributed by atoms with Crippen molar-refractivity contribution in [3.8, 4) is 5.82 Å². The minimum absolute atomic E-state index is 0.244. The van der Waals surface area contributed by atoms with Gasteiger partial charge in [0.25, 0.3) is 0 Å². The normalized spacial score (nSPS) is 12.3. The lowest BCUT2D eigenvalue weighted by molar-refractivity contribution is 0.316. The van der Waals surface area contributed by atoms with Gasteiger partial charge in [-0.15, -0.1) is 0 Å². The van der Waals surface area contributed by atoms with Crippen molar-refractivity contribution in [1.82, 2.24) is 24.6 Å². The molecule has 0 spiro atoms. The predicted octanol–water partition coefficient (Wildman–Crippen LogP) is 3.21. The smallest absolute Gasteiger partial charge is 0.174 e. The molecule has 26 heavy (non-hydrogen) atoms. The number of likely N-dealkylation sites (N-methyl/N-ethyl adjacent to an activating group) is 1. The number of aryl methyl sites for hydroxylation is 2. The molecule has 1 unspecified atom stereocenters. The van der Waals surface area contributed by atoms with Crippen molar-refractivity contribution >= 4 is 5.82 Å². The highest BCUT2D eigenvalue weighted by atomic mass is 15.3. The predicted molar refractivity (Wildman–Crippen MR) is 104 cm³/mol. The van der Waals surface area contributed by atoms with Gasteiger partial charge in [0, 0.05) is 24.8 Å². The maximum absolute atomic E-state index is 4.66. The maximum Gasteiger partial charge on any atom is 0.174 e. The highest BCUT2D eigenvalue weighted by Crippen LogP contribution is 2.12. The molecule has 1 atom stereocenters. The molecule has 0 amide bonds. The molecular weight excluding hydrogens is 324 g/mol. The van der Waals surface area contributed by atoms with Gasteiger partial charge < -0.3 is 10.2 Å². The molecule has 3 aromatic rings. The van der Waals surface area contributed by atoms with Crippen LogP contribution in [0.1, 0.15) is 23.9 Å². The molecule has 0 saturated heterocycles. The number of rotatable bonds is 7. The van der Waals surface area contributed by atoms with Gasteiger partial charge in [-0.25, -0.2) is 9.67 Å². The monoisotopic (exact) mass is 350 g/mol. The first-order chi connectivity index (χ1) is 12.5. The van der Waals surface area contributed by atoms with Crippen LogP contribution < -0.4 is 5.32 Å². The average Bonchev–Trinajstić information content (AvgIpc) is 2.94. The third kappa shape index (κ3) is 4.67. The Morgan fingerprint density at radius 1 is 1.15 bits per heavy atom. The van der Waals surface area contributed by atoms with Gasteiger partial charge in [0.15, 0.2) is 5.82 Å². The van der Waals surface area contributed by atoms with E-state index in [1.807, 2.05) is 30.7 Å². The molecule has 1 N–H and O–H groups in total. The maximum atomic E-state index is 4.66. The van der Waals surface area contributed by atoms with Crippen LogP contribution in [0.15, 0.2) is 48.8 Å². The van der Waals surface area contributed by atoms with E-state index in [9.17, 15) is 0 Å². The fourth-order valence-corrected chi connectivity index (χ4v) is 3.11. The van der Waals surface area contributed by atoms with E-state index in [2.05, 4.69) is 63.5 Å². The minimum Gasteiger partial charge on any atom is -0.365 e. The van der Waals surface area contributed by atoms with Gasteiger partial charge in [0.2, 0.25) is 0 Å². The summed E-state index contributed by atoms with van der Waals surface area (Å²) in [4.78, 5) is 11.3. The van der Waals surface area contributed by atoms with Crippen molar-refractivity contribution in [1.29, 1.82) is 0 Å². The van der Waals surface area contributed by atoms with E-state index >= 15 is 0 Å². The van der Waals surface area contributed by atoms with Gasteiger partial charge in [-0.3, -0.25) is 4.98 Å². The number of benzene rings is 1. The Balaban J connectivity index is 1.61. The molecule has 136 valence electrons. The van der Waals surface area contributed by atoms with Crippen LogP contribution in [0.5, 0.6) is 0 Å². The molecule has 6 heteroatoms. The molecule has 0 aliphatic heterocycles. The molecule has 0 aliphatic carbocycles. The van der Waals surface area contributed by atoms with Gasteiger partial charge in [-0.2, -0.15) is 5.10 Å². The van der Waals surface area contributed by atoms with E-state index in [1.165, 1.54) is 5.56 Å². The molecule has 0 radical (unpaired) electrons. The van der Waals surface area contributed by atoms with Crippen molar-refractivity contribution in [2.45, 2.75) is 33.4 Å². The zero-order chi connectivity index (χ0) is 18.5. The summed E-state index contributed by atoms with van der Waals surface area (Å²) in [7, 11) is 2.13. The third-order valence-corrected chi connectivity index (χ3v) is 4.12. The highest BCUT2D eigenvalue weighted by molar-refractivity contribution is 5.37. The van der Waals surface area contributed by atoms with Gasteiger partial charge in [0.1, 0.15) is 5.82 Å². The summed E-state index contributed by atoms with van der Waals surface area (Å²) in [5.74, 6) is 1.49. The van der Waals surface area contributed by atoms with Gasteiger partial charge >= 0.3 is 0 Å². The molecule has 3 rings (SSSR count). The first-order valence-corrected chi connectivity index (χ1v) is 8.86. The largest absolute Gasteiger partial charge is 0.365 e. The fourth-order valence-electron chi connectivity index (χ4n) is 3.11. The Kier molecular flexibility index (Phi) is 5.63. The molecule has 0 fully saturated rings. The number of nitrogens with one attached hydrogen (secondary N) is 1. The first-order valence-electron chi connectivity index (χ1n) is 8.86. The van der Waals surface area contributed by atoms with E-state index in [0.717, 1.165) is 36.1 Å². The molecule has 0 aliphatic rings. The third-order valence-electron chi connectivity index (χ3n) is 4.12. The standard InChI is InChI=1S/C20H26N6/c1-15-10-17(3)26(24-15)20-12-21-11-19(23-20)22-16(2)13-25(4)14-18-8-6-5-7-9-18/h5-12,16H,13-14H2,1-4H3,(H,22,23). The van der Waals surface area contributed by atoms with E-state index in [0.29, 0.717) is 0 Å². The number of hydrogen-bond donors (Lipinski definition) is 1. The zero-order valence-corrected chi connectivity index (χ0v) is 15.8. The lowest BCUT2D eigenvalue weighted by atomic mass is 10.2. The van der Waals surface area contributed by atoms with Gasteiger partial charge in [-0.05, 0) is 39.4 Å². The Morgan fingerprint density at radius 2 is 1.92 bits per heavy atom. The Labute approximate surface area is 154 Å². The van der Waals surface area contributed by atoms with Crippen LogP contribution in [0.4, 0.5) is 5.82 Å². The molecule has 1 aromatic carbocycles. The van der Waals surface area contributed by atoms with Gasteiger partial charge in [-0.1, -0.05) is 30.3 Å². The second kappa shape index (κ2) is 8.10. The molecule has 2 heterocycles. The van der Waals surface area contributed by atoms with Crippen LogP contribution in [0.3, 0.4) is 0 Å². The quantitative estimate of drug-likeness (QED) is 0.709. The highest BCUT2D eigenvalue weighted by Gasteiger charge is 2.10. The number of anilines is 1. The van der Waals surface area contributed by atoms with E-state index < -0.39 is 0 Å². The van der Waals surface area contributed by atoms with E-state index in [4.69, 9.17) is 0 Å². The lowest BCUT2D eigenvalue weighted by Crippen LogP contribution is -2.32. The molecule has 0 bridgehead atoms. The van der Waals surface area contributed by atoms with Crippen molar-refractivity contribution < 1.29 is 0 Å². The first kappa shape index (κ1) is 18.1. The summed E-state index contributed by atoms with van der Waals surface area (Å²) in [5, 5.41) is 7.91. The topological polar surface area (TPSA) is 58.9 Å². The summed E-state index contributed by atoms with van der Waals surface area (Å²) in [6.45, 7) is 7.97. The average molecular weight is 350 g/mol. The molecular formula is C20H26N6. The second-order valence-electron chi connectivity index (χ2n) is 6.83. The van der Waals surface area contributed by atoms with Crippen LogP contribution >= 0.6 is 0 Å². The van der Waals surface area contributed by atoms with Crippen LogP contribution in [0, 0.1) is 13.8 Å². The number of nitrogens with zero attached hydrogens (tertiary/aromatic N) is 5. The second-order valence-corrected chi connectivity index (χ2v) is 6.83. The lowest BCUT2D eigenvalue weighted by Gasteiger charge is -2.22. The van der Waals surface area contributed by atoms with Crippen molar-refractivity contribution in [2.24, 2.45) is 0 Å². The summed E-state index contributed by atoms with van der Waals surface area (Å²) in [6, 6.07) is 12.8. The SMILES string of the molecule is Cc1cc(C)n(-c2cncc(NC(C)CN(C)Cc3ccccc3)n2)n1. The van der Waals surface area contributed by atoms with Crippen LogP contribution in [0.25, 0.3) is 5.82 Å². The summed E-state index contributed by atoms with van der Waals surface area (Å²) in [5.41, 5.74) is 3.33. The van der Waals surface area contributed by atoms with Crippen molar-refractivity contribution in [3.63, 3.8) is 0 Å². The molecule has 2 aromatic heterocycles. The van der Waals surface area contributed by atoms with Gasteiger partial charge in [0.05, 0.1) is 18.1 Å². The number of hydrogen-bond acceptors (Lipinski definition) is 5. The van der Waals surface area contributed by atoms with E-state index in [1.54, 1.807) is 12.4 Å². The van der Waals surface area contributed by atoms with Crippen molar-refractivity contribution in [3.05, 3.63) is 65.7 Å². The fraction of sp³-hybridized carbons (Fsp3) is 0.350. The van der Waals surface area contributed by atoms with Crippen molar-refractivity contribution in [2.75, 3.05) is 18.9 Å². The minimum atomic E-state index is 0.244. The summed E-state index contributed by atoms with van der Waals surface area (Å²) >= 11 is 0. The van der Waals surface area contributed by atoms with E-state index in [-0.39, 0.29) is 6.04 Å². The van der Waals surface area contributed by atoms with Crippen LogP contribution in [-0.4, -0.2) is 44.3 Å². The Bertz CT molecular complexity index is 843. The molecule has 6 nitrogen and oxygen atoms in total. The molecule has 0 saturated carbocycles. The number of aromatic nitrogens is 4. The Morgan fingerprint density at radius 3 is 2.62 bits per heavy atom. The van der Waals surface area contributed by atoms with Crippen LogP contribution in [-0.2, 0) is 6.54 Å². The summed E-state index contributed by atoms with van der Waals surface area (Å²) < 4.78 is 1.82. The Hall–Kier alpha value is -2.73. The van der Waals surface area contributed by atoms with Crippen LogP contribution in [0.2, 0.25) is 0 Å². The zero-order valence-electron chi connectivity index (χ0n) is 15.8. The summed E-state index contributed by atoms with van der Waals surface area (Å²) in [6.07, 6.45) is 3.49.